The Morgan fingerprint density at radius 1 is 1.17 bits per heavy atom. The molecule has 0 saturated heterocycles. The summed E-state index contributed by atoms with van der Waals surface area (Å²) in [5.41, 5.74) is 1.84. The predicted molar refractivity (Wildman–Crippen MR) is 113 cm³/mol. The first-order valence-corrected chi connectivity index (χ1v) is 11.3. The van der Waals surface area contributed by atoms with Gasteiger partial charge in [-0.15, -0.1) is 0 Å². The number of hydrogen-bond acceptors (Lipinski definition) is 9. The van der Waals surface area contributed by atoms with E-state index in [0.717, 1.165) is 22.7 Å². The molecule has 0 aromatic carbocycles. The maximum atomic E-state index is 12.4. The lowest BCUT2D eigenvalue weighted by Gasteiger charge is -2.10. The van der Waals surface area contributed by atoms with E-state index in [-0.39, 0.29) is 21.8 Å². The van der Waals surface area contributed by atoms with Crippen LogP contribution in [0.25, 0.3) is 5.82 Å². The number of rotatable bonds is 8. The predicted octanol–water partition coefficient (Wildman–Crippen LogP) is 1.39. The fourth-order valence-corrected chi connectivity index (χ4v) is 4.80. The molecule has 0 aliphatic carbocycles. The molecular weight excluding hydrogens is 428 g/mol. The van der Waals surface area contributed by atoms with Gasteiger partial charge in [0.25, 0.3) is 10.0 Å². The van der Waals surface area contributed by atoms with E-state index in [9.17, 15) is 13.2 Å². The normalized spacial score (nSPS) is 11.5. The quantitative estimate of drug-likeness (QED) is 0.437. The van der Waals surface area contributed by atoms with Crippen molar-refractivity contribution in [1.82, 2.24) is 29.5 Å². The highest BCUT2D eigenvalue weighted by atomic mass is 32.2. The molecule has 3 aromatic rings. The summed E-state index contributed by atoms with van der Waals surface area (Å²) in [7, 11) is -3.72. The summed E-state index contributed by atoms with van der Waals surface area (Å²) in [6.07, 6.45) is 1.21. The summed E-state index contributed by atoms with van der Waals surface area (Å²) in [5.74, 6) is 1.45. The van der Waals surface area contributed by atoms with Crippen molar-refractivity contribution in [3.8, 4) is 5.82 Å². The van der Waals surface area contributed by atoms with E-state index in [1.54, 1.807) is 17.7 Å². The Hall–Kier alpha value is -2.90. The molecule has 11 nitrogen and oxygen atoms in total. The van der Waals surface area contributed by atoms with Crippen LogP contribution in [0.2, 0.25) is 0 Å². The van der Waals surface area contributed by atoms with Crippen LogP contribution in [0.3, 0.4) is 0 Å². The van der Waals surface area contributed by atoms with Crippen LogP contribution < -0.4 is 15.4 Å². The van der Waals surface area contributed by atoms with Crippen molar-refractivity contribution in [2.45, 2.75) is 31.9 Å². The average molecular weight is 451 g/mol. The van der Waals surface area contributed by atoms with Gasteiger partial charge in [0, 0.05) is 31.8 Å². The van der Waals surface area contributed by atoms with Crippen molar-refractivity contribution in [3.05, 3.63) is 35.5 Å². The fourth-order valence-electron chi connectivity index (χ4n) is 2.65. The van der Waals surface area contributed by atoms with Crippen molar-refractivity contribution in [2.24, 2.45) is 0 Å². The van der Waals surface area contributed by atoms with Gasteiger partial charge >= 0.3 is 0 Å². The molecule has 3 N–H and O–H groups in total. The van der Waals surface area contributed by atoms with Crippen LogP contribution in [-0.2, 0) is 14.8 Å². The minimum Gasteiger partial charge on any atom is -0.369 e. The molecule has 0 unspecified atom stereocenters. The Balaban J connectivity index is 1.60. The van der Waals surface area contributed by atoms with Crippen LogP contribution in [0.4, 0.5) is 10.9 Å². The molecule has 0 fully saturated rings. The van der Waals surface area contributed by atoms with Crippen LogP contribution in [0.5, 0.6) is 0 Å². The summed E-state index contributed by atoms with van der Waals surface area (Å²) < 4.78 is 29.0. The van der Waals surface area contributed by atoms with Crippen LogP contribution >= 0.6 is 11.3 Å². The molecule has 0 radical (unpaired) electrons. The number of thiazole rings is 1. The molecule has 1 amide bonds. The van der Waals surface area contributed by atoms with Crippen molar-refractivity contribution in [1.29, 1.82) is 0 Å². The van der Waals surface area contributed by atoms with Gasteiger partial charge in [-0.3, -0.25) is 4.79 Å². The molecule has 160 valence electrons. The molecule has 0 atom stereocenters. The van der Waals surface area contributed by atoms with Gasteiger partial charge in [0.2, 0.25) is 5.91 Å². The first-order valence-electron chi connectivity index (χ1n) is 9.00. The Labute approximate surface area is 178 Å². The summed E-state index contributed by atoms with van der Waals surface area (Å²) in [5, 5.41) is 10.2. The van der Waals surface area contributed by atoms with Gasteiger partial charge in [-0.05, 0) is 26.8 Å². The molecule has 3 aromatic heterocycles. The number of hydrogen-bond donors (Lipinski definition) is 3. The molecule has 3 heterocycles. The fraction of sp³-hybridized carbons (Fsp3) is 0.353. The van der Waals surface area contributed by atoms with E-state index in [1.165, 1.54) is 13.1 Å². The first kappa shape index (κ1) is 21.8. The van der Waals surface area contributed by atoms with E-state index in [4.69, 9.17) is 0 Å². The lowest BCUT2D eigenvalue weighted by molar-refractivity contribution is -0.114. The summed E-state index contributed by atoms with van der Waals surface area (Å²) >= 11 is 0.883. The number of sulfonamides is 1. The largest absolute Gasteiger partial charge is 0.369 e. The lowest BCUT2D eigenvalue weighted by Crippen LogP contribution is -2.28. The Morgan fingerprint density at radius 2 is 1.93 bits per heavy atom. The maximum Gasteiger partial charge on any atom is 0.251 e. The van der Waals surface area contributed by atoms with Gasteiger partial charge in [0.05, 0.1) is 11.9 Å². The number of nitrogens with zero attached hydrogens (tertiary/aromatic N) is 5. The van der Waals surface area contributed by atoms with Gasteiger partial charge in [-0.25, -0.2) is 32.8 Å². The van der Waals surface area contributed by atoms with Crippen LogP contribution in [0, 0.1) is 20.8 Å². The third-order valence-corrected chi connectivity index (χ3v) is 6.64. The van der Waals surface area contributed by atoms with E-state index in [2.05, 4.69) is 35.4 Å². The number of aryl methyl sites for hydroxylation is 3. The van der Waals surface area contributed by atoms with E-state index >= 15 is 0 Å². The highest BCUT2D eigenvalue weighted by Gasteiger charge is 2.18. The van der Waals surface area contributed by atoms with Crippen molar-refractivity contribution in [3.63, 3.8) is 0 Å². The molecule has 13 heteroatoms. The van der Waals surface area contributed by atoms with Gasteiger partial charge in [0.15, 0.2) is 15.2 Å². The minimum atomic E-state index is -3.72. The van der Waals surface area contributed by atoms with Gasteiger partial charge in [-0.2, -0.15) is 5.10 Å². The molecule has 0 bridgehead atoms. The third-order valence-electron chi connectivity index (χ3n) is 3.81. The first-order chi connectivity index (χ1) is 14.1. The standard InChI is InChI=1S/C17H22N8O3S2/c1-10-7-11(2)25(24-10)15-8-14(21-12(3)22-15)18-5-6-20-30(27,28)16-9-19-17(29-16)23-13(4)26/h7-9,20H,5-6H2,1-4H3,(H,18,21,22)(H,19,23,26). The zero-order valence-corrected chi connectivity index (χ0v) is 18.6. The van der Waals surface area contributed by atoms with Gasteiger partial charge < -0.3 is 10.6 Å². The number of carbonyl (C=O) groups is 1. The summed E-state index contributed by atoms with van der Waals surface area (Å²) in [6.45, 7) is 7.40. The topological polar surface area (TPSA) is 144 Å². The van der Waals surface area contributed by atoms with Crippen molar-refractivity contribution < 1.29 is 13.2 Å². The molecule has 0 spiro atoms. The van der Waals surface area contributed by atoms with Crippen LogP contribution in [-0.4, -0.2) is 52.1 Å². The Bertz CT molecular complexity index is 1170. The molecule has 3 rings (SSSR count). The number of nitrogens with one attached hydrogen (secondary N) is 3. The van der Waals surface area contributed by atoms with Crippen molar-refractivity contribution in [2.75, 3.05) is 23.7 Å². The van der Waals surface area contributed by atoms with Crippen LogP contribution in [0.15, 0.2) is 22.5 Å². The van der Waals surface area contributed by atoms with E-state index < -0.39 is 10.0 Å². The zero-order chi connectivity index (χ0) is 21.9. The smallest absolute Gasteiger partial charge is 0.251 e. The number of anilines is 2. The molecule has 0 aliphatic rings. The molecule has 0 saturated carbocycles. The summed E-state index contributed by atoms with van der Waals surface area (Å²) in [6, 6.07) is 3.71. The van der Waals surface area contributed by atoms with E-state index in [1.807, 2.05) is 19.9 Å². The second kappa shape index (κ2) is 8.85. The summed E-state index contributed by atoms with van der Waals surface area (Å²) in [4.78, 5) is 23.7. The number of amides is 1. The Kier molecular flexibility index (Phi) is 6.43. The van der Waals surface area contributed by atoms with Crippen molar-refractivity contribution >= 4 is 38.2 Å². The van der Waals surface area contributed by atoms with Gasteiger partial charge in [0.1, 0.15) is 11.6 Å². The third kappa shape index (κ3) is 5.37. The minimum absolute atomic E-state index is 0.0240. The van der Waals surface area contributed by atoms with Gasteiger partial charge in [-0.1, -0.05) is 11.3 Å². The highest BCUT2D eigenvalue weighted by Crippen LogP contribution is 2.22. The Morgan fingerprint density at radius 3 is 2.60 bits per heavy atom. The maximum absolute atomic E-state index is 12.4. The SMILES string of the molecule is CC(=O)Nc1ncc(S(=O)(=O)NCCNc2cc(-n3nc(C)cc3C)nc(C)n2)s1. The number of carbonyl (C=O) groups excluding carboxylic acids is 1. The monoisotopic (exact) mass is 450 g/mol. The lowest BCUT2D eigenvalue weighted by atomic mass is 10.4. The zero-order valence-electron chi connectivity index (χ0n) is 16.9. The molecular formula is C17H22N8O3S2. The molecule has 30 heavy (non-hydrogen) atoms. The molecule has 0 aliphatic heterocycles. The number of aromatic nitrogens is 5. The van der Waals surface area contributed by atoms with Crippen LogP contribution in [0.1, 0.15) is 24.1 Å². The second-order valence-corrected chi connectivity index (χ2v) is 9.51. The second-order valence-electron chi connectivity index (χ2n) is 6.49. The highest BCUT2D eigenvalue weighted by molar-refractivity contribution is 7.91. The van der Waals surface area contributed by atoms with E-state index in [0.29, 0.717) is 24.0 Å². The average Bonchev–Trinajstić information content (AvgIpc) is 3.24.